The number of aromatic nitrogens is 2. The second-order valence-corrected chi connectivity index (χ2v) is 11.7. The van der Waals surface area contributed by atoms with E-state index in [1.165, 1.54) is 63.4 Å². The molecule has 0 saturated carbocycles. The van der Waals surface area contributed by atoms with Gasteiger partial charge in [0.25, 0.3) is 0 Å². The van der Waals surface area contributed by atoms with Gasteiger partial charge < -0.3 is 9.13 Å². The summed E-state index contributed by atoms with van der Waals surface area (Å²) in [6, 6.07) is 44.0. The van der Waals surface area contributed by atoms with E-state index in [9.17, 15) is 0 Å². The topological polar surface area (TPSA) is 9.86 Å². The van der Waals surface area contributed by atoms with Crippen molar-refractivity contribution in [2.75, 3.05) is 0 Å². The number of benzene rings is 4. The zero-order valence-corrected chi connectivity index (χ0v) is 21.6. The summed E-state index contributed by atoms with van der Waals surface area (Å²) in [5.41, 5.74) is 5.06. The maximum atomic E-state index is 2.41. The molecule has 0 aliphatic rings. The van der Waals surface area contributed by atoms with Crippen LogP contribution in [0.1, 0.15) is 9.75 Å². The number of nitrogens with zero attached hydrogens (tertiary/aromatic N) is 2. The monoisotopic (exact) mass is 510 g/mol. The molecule has 0 aliphatic heterocycles. The fraction of sp³-hybridized carbons (Fsp3) is 0.0303. The lowest BCUT2D eigenvalue weighted by Crippen LogP contribution is -1.89. The Hall–Kier alpha value is -4.12. The van der Waals surface area contributed by atoms with Gasteiger partial charge in [0, 0.05) is 37.7 Å². The Balaban J connectivity index is 1.18. The number of para-hydroxylation sites is 4. The Morgan fingerprint density at radius 2 is 0.703 bits per heavy atom. The van der Waals surface area contributed by atoms with Crippen molar-refractivity contribution in [3.8, 4) is 10.0 Å². The molecule has 0 bridgehead atoms. The lowest BCUT2D eigenvalue weighted by Gasteiger charge is -2.04. The van der Waals surface area contributed by atoms with E-state index in [0.717, 1.165) is 6.42 Å². The minimum absolute atomic E-state index is 0.948. The first-order valence-electron chi connectivity index (χ1n) is 12.5. The summed E-state index contributed by atoms with van der Waals surface area (Å²) in [4.78, 5) is 2.76. The number of hydrogen-bond acceptors (Lipinski definition) is 2. The third-order valence-electron chi connectivity index (χ3n) is 7.24. The molecule has 0 N–H and O–H groups in total. The minimum atomic E-state index is 0.948. The zero-order chi connectivity index (χ0) is 24.3. The number of thiophene rings is 2. The van der Waals surface area contributed by atoms with Crippen molar-refractivity contribution in [2.24, 2.45) is 0 Å². The van der Waals surface area contributed by atoms with Gasteiger partial charge in [0.1, 0.15) is 10.0 Å². The summed E-state index contributed by atoms with van der Waals surface area (Å²) in [6.45, 7) is 0. The minimum Gasteiger partial charge on any atom is -0.301 e. The summed E-state index contributed by atoms with van der Waals surface area (Å²) in [6.07, 6.45) is 0.948. The second-order valence-electron chi connectivity index (χ2n) is 9.40. The highest BCUT2D eigenvalue weighted by molar-refractivity contribution is 7.16. The SMILES string of the molecule is c1ccc2c(c1)c1ccccc1n2-c1ccc(Cc2ccc(-n3c4ccccc4c4ccccc43)s2)s1. The van der Waals surface area contributed by atoms with E-state index >= 15 is 0 Å². The van der Waals surface area contributed by atoms with Gasteiger partial charge in [-0.1, -0.05) is 72.8 Å². The summed E-state index contributed by atoms with van der Waals surface area (Å²) >= 11 is 3.78. The molecule has 4 heteroatoms. The number of rotatable bonds is 4. The van der Waals surface area contributed by atoms with E-state index in [1.54, 1.807) is 0 Å². The second kappa shape index (κ2) is 8.20. The van der Waals surface area contributed by atoms with E-state index in [1.807, 2.05) is 22.7 Å². The van der Waals surface area contributed by atoms with Crippen LogP contribution >= 0.6 is 22.7 Å². The standard InChI is InChI=1S/C33H22N2S2/c1-5-13-28-24(9-1)25-10-2-6-14-29(25)34(28)32-19-17-22(36-32)21-23-18-20-33(37-23)35-30-15-7-3-11-26(30)27-12-4-8-16-31(27)35/h1-20H,21H2. The summed E-state index contributed by atoms with van der Waals surface area (Å²) < 4.78 is 4.83. The predicted octanol–water partition coefficient (Wildman–Crippen LogP) is 9.59. The van der Waals surface area contributed by atoms with Crippen molar-refractivity contribution >= 4 is 66.3 Å². The van der Waals surface area contributed by atoms with Crippen LogP contribution in [0.2, 0.25) is 0 Å². The average Bonchev–Trinajstić information content (AvgIpc) is 3.72. The van der Waals surface area contributed by atoms with E-state index in [-0.39, 0.29) is 0 Å². The Labute approximate surface area is 222 Å². The average molecular weight is 511 g/mol. The lowest BCUT2D eigenvalue weighted by molar-refractivity contribution is 1.22. The van der Waals surface area contributed by atoms with Gasteiger partial charge >= 0.3 is 0 Å². The molecule has 4 aromatic carbocycles. The highest BCUT2D eigenvalue weighted by Crippen LogP contribution is 2.37. The summed E-state index contributed by atoms with van der Waals surface area (Å²) in [5, 5.41) is 7.77. The third-order valence-corrected chi connectivity index (χ3v) is 9.39. The van der Waals surface area contributed by atoms with E-state index in [2.05, 4.69) is 130 Å². The van der Waals surface area contributed by atoms with Crippen molar-refractivity contribution in [2.45, 2.75) is 6.42 Å². The lowest BCUT2D eigenvalue weighted by atomic mass is 10.2. The van der Waals surface area contributed by atoms with Crippen molar-refractivity contribution in [3.05, 3.63) is 131 Å². The highest BCUT2D eigenvalue weighted by atomic mass is 32.1. The molecular weight excluding hydrogens is 489 g/mol. The Bertz CT molecular complexity index is 1830. The van der Waals surface area contributed by atoms with Crippen LogP contribution in [0.5, 0.6) is 0 Å². The molecule has 0 radical (unpaired) electrons. The van der Waals surface area contributed by atoms with Gasteiger partial charge in [-0.3, -0.25) is 0 Å². The smallest absolute Gasteiger partial charge is 0.100 e. The van der Waals surface area contributed by atoms with Gasteiger partial charge in [-0.05, 0) is 48.5 Å². The molecule has 8 aromatic rings. The third kappa shape index (κ3) is 3.23. The van der Waals surface area contributed by atoms with Gasteiger partial charge in [-0.25, -0.2) is 0 Å². The maximum Gasteiger partial charge on any atom is 0.100 e. The normalized spacial score (nSPS) is 11.9. The van der Waals surface area contributed by atoms with E-state index in [4.69, 9.17) is 0 Å². The Kier molecular flexibility index (Phi) is 4.66. The zero-order valence-electron chi connectivity index (χ0n) is 20.0. The predicted molar refractivity (Wildman–Crippen MR) is 160 cm³/mol. The van der Waals surface area contributed by atoms with Crippen LogP contribution in [0.4, 0.5) is 0 Å². The Morgan fingerprint density at radius 1 is 0.378 bits per heavy atom. The van der Waals surface area contributed by atoms with Crippen LogP contribution in [0, 0.1) is 0 Å². The van der Waals surface area contributed by atoms with Gasteiger partial charge in [-0.15, -0.1) is 22.7 Å². The van der Waals surface area contributed by atoms with Crippen molar-refractivity contribution in [1.82, 2.24) is 9.13 Å². The molecule has 0 unspecified atom stereocenters. The molecular formula is C33H22N2S2. The fourth-order valence-corrected chi connectivity index (χ4v) is 7.86. The molecule has 0 spiro atoms. The van der Waals surface area contributed by atoms with Crippen molar-refractivity contribution < 1.29 is 0 Å². The van der Waals surface area contributed by atoms with Crippen molar-refractivity contribution in [3.63, 3.8) is 0 Å². The van der Waals surface area contributed by atoms with E-state index in [0.29, 0.717) is 0 Å². The molecule has 4 heterocycles. The highest BCUT2D eigenvalue weighted by Gasteiger charge is 2.15. The van der Waals surface area contributed by atoms with Crippen LogP contribution < -0.4 is 0 Å². The van der Waals surface area contributed by atoms with Crippen LogP contribution in [-0.2, 0) is 6.42 Å². The van der Waals surface area contributed by atoms with E-state index < -0.39 is 0 Å². The maximum absolute atomic E-state index is 2.41. The van der Waals surface area contributed by atoms with Crippen LogP contribution in [0.25, 0.3) is 53.6 Å². The van der Waals surface area contributed by atoms with Gasteiger partial charge in [0.2, 0.25) is 0 Å². The molecule has 0 saturated heterocycles. The van der Waals surface area contributed by atoms with Gasteiger partial charge in [0.15, 0.2) is 0 Å². The molecule has 2 nitrogen and oxygen atoms in total. The molecule has 0 amide bonds. The molecule has 0 aliphatic carbocycles. The van der Waals surface area contributed by atoms with Crippen LogP contribution in [-0.4, -0.2) is 9.13 Å². The van der Waals surface area contributed by atoms with Gasteiger partial charge in [0.05, 0.1) is 22.1 Å². The van der Waals surface area contributed by atoms with Crippen LogP contribution in [0.15, 0.2) is 121 Å². The fourth-order valence-electron chi connectivity index (χ4n) is 5.66. The summed E-state index contributed by atoms with van der Waals surface area (Å²) in [5.74, 6) is 0. The molecule has 0 atom stereocenters. The molecule has 37 heavy (non-hydrogen) atoms. The molecule has 4 aromatic heterocycles. The first kappa shape index (κ1) is 21.0. The van der Waals surface area contributed by atoms with Gasteiger partial charge in [-0.2, -0.15) is 0 Å². The molecule has 8 rings (SSSR count). The number of fused-ring (bicyclic) bond motifs is 6. The summed E-state index contributed by atoms with van der Waals surface area (Å²) in [7, 11) is 0. The van der Waals surface area contributed by atoms with Crippen LogP contribution in [0.3, 0.4) is 0 Å². The molecule has 176 valence electrons. The number of hydrogen-bond donors (Lipinski definition) is 0. The first-order chi connectivity index (χ1) is 18.3. The quantitative estimate of drug-likeness (QED) is 0.223. The van der Waals surface area contributed by atoms with Crippen molar-refractivity contribution in [1.29, 1.82) is 0 Å². The first-order valence-corrected chi connectivity index (χ1v) is 14.1. The molecule has 0 fully saturated rings. The Morgan fingerprint density at radius 3 is 1.05 bits per heavy atom. The largest absolute Gasteiger partial charge is 0.301 e.